The monoisotopic (exact) mass is 249 g/mol. The predicted octanol–water partition coefficient (Wildman–Crippen LogP) is 3.07. The summed E-state index contributed by atoms with van der Waals surface area (Å²) in [5.74, 6) is -1.25. The Hall–Kier alpha value is -1.75. The van der Waals surface area contributed by atoms with E-state index in [4.69, 9.17) is 9.63 Å². The minimum atomic E-state index is -1.11. The number of thioether (sulfide) groups is 1. The number of hydrogen-bond acceptors (Lipinski definition) is 4. The zero-order valence-corrected chi connectivity index (χ0v) is 10.2. The van der Waals surface area contributed by atoms with E-state index < -0.39 is 5.97 Å². The summed E-state index contributed by atoms with van der Waals surface area (Å²) < 4.78 is 4.74. The molecular formula is C12H11NO3S. The molecule has 0 aliphatic heterocycles. The van der Waals surface area contributed by atoms with Crippen molar-refractivity contribution in [1.29, 1.82) is 0 Å². The van der Waals surface area contributed by atoms with E-state index in [0.29, 0.717) is 5.69 Å². The van der Waals surface area contributed by atoms with Crippen molar-refractivity contribution in [2.24, 2.45) is 0 Å². The number of carboxylic acids is 1. The summed E-state index contributed by atoms with van der Waals surface area (Å²) >= 11 is 1.66. The Morgan fingerprint density at radius 3 is 2.71 bits per heavy atom. The van der Waals surface area contributed by atoms with Crippen LogP contribution in [0.2, 0.25) is 0 Å². The van der Waals surface area contributed by atoms with E-state index in [9.17, 15) is 4.79 Å². The van der Waals surface area contributed by atoms with Crippen LogP contribution in [0.25, 0.3) is 11.3 Å². The van der Waals surface area contributed by atoms with Gasteiger partial charge < -0.3 is 9.63 Å². The molecule has 0 saturated carbocycles. The standard InChI is InChI=1S/C12H11NO3S/c1-7-5-8(17-2)3-4-9(7)10-6-11(12(14)15)16-13-10/h3-6H,1-2H3,(H,14,15). The Kier molecular flexibility index (Phi) is 3.19. The van der Waals surface area contributed by atoms with Gasteiger partial charge in [0.15, 0.2) is 0 Å². The van der Waals surface area contributed by atoms with Gasteiger partial charge in [0.1, 0.15) is 5.69 Å². The molecular weight excluding hydrogens is 238 g/mol. The fourth-order valence-corrected chi connectivity index (χ4v) is 2.05. The molecule has 0 aliphatic carbocycles. The Morgan fingerprint density at radius 2 is 2.18 bits per heavy atom. The third-order valence-corrected chi connectivity index (χ3v) is 3.16. The van der Waals surface area contributed by atoms with Gasteiger partial charge in [0.05, 0.1) is 0 Å². The van der Waals surface area contributed by atoms with Crippen molar-refractivity contribution in [3.63, 3.8) is 0 Å². The van der Waals surface area contributed by atoms with Crippen molar-refractivity contribution in [3.8, 4) is 11.3 Å². The molecule has 0 amide bonds. The van der Waals surface area contributed by atoms with E-state index in [1.807, 2.05) is 31.4 Å². The number of nitrogens with zero attached hydrogens (tertiary/aromatic N) is 1. The van der Waals surface area contributed by atoms with Crippen LogP contribution >= 0.6 is 11.8 Å². The Labute approximate surface area is 103 Å². The normalized spacial score (nSPS) is 10.5. The van der Waals surface area contributed by atoms with Crippen molar-refractivity contribution < 1.29 is 14.4 Å². The summed E-state index contributed by atoms with van der Waals surface area (Å²) in [5, 5.41) is 12.5. The maximum absolute atomic E-state index is 10.7. The van der Waals surface area contributed by atoms with Crippen LogP contribution in [0.3, 0.4) is 0 Å². The highest BCUT2D eigenvalue weighted by Gasteiger charge is 2.13. The van der Waals surface area contributed by atoms with Gasteiger partial charge in [-0.25, -0.2) is 4.79 Å². The number of rotatable bonds is 3. The second kappa shape index (κ2) is 4.63. The van der Waals surface area contributed by atoms with Crippen LogP contribution in [0.4, 0.5) is 0 Å². The lowest BCUT2D eigenvalue weighted by atomic mass is 10.1. The molecule has 17 heavy (non-hydrogen) atoms. The number of carboxylic acid groups (broad SMARTS) is 1. The van der Waals surface area contributed by atoms with Crippen LogP contribution in [0, 0.1) is 6.92 Å². The molecule has 0 saturated heterocycles. The van der Waals surface area contributed by atoms with Crippen LogP contribution in [-0.2, 0) is 0 Å². The highest BCUT2D eigenvalue weighted by atomic mass is 32.2. The third kappa shape index (κ3) is 2.34. The third-order valence-electron chi connectivity index (χ3n) is 2.43. The smallest absolute Gasteiger partial charge is 0.374 e. The highest BCUT2D eigenvalue weighted by Crippen LogP contribution is 2.26. The van der Waals surface area contributed by atoms with E-state index in [0.717, 1.165) is 16.0 Å². The summed E-state index contributed by atoms with van der Waals surface area (Å²) in [5.41, 5.74) is 2.48. The molecule has 4 nitrogen and oxygen atoms in total. The summed E-state index contributed by atoms with van der Waals surface area (Å²) in [4.78, 5) is 11.9. The molecule has 0 radical (unpaired) electrons. The molecule has 1 N–H and O–H groups in total. The van der Waals surface area contributed by atoms with Crippen LogP contribution < -0.4 is 0 Å². The second-order valence-electron chi connectivity index (χ2n) is 3.56. The van der Waals surface area contributed by atoms with E-state index in [1.54, 1.807) is 11.8 Å². The lowest BCUT2D eigenvalue weighted by molar-refractivity contribution is 0.0652. The van der Waals surface area contributed by atoms with Gasteiger partial charge in [-0.1, -0.05) is 11.2 Å². The molecule has 1 heterocycles. The highest BCUT2D eigenvalue weighted by molar-refractivity contribution is 7.98. The van der Waals surface area contributed by atoms with Gasteiger partial charge in [-0.05, 0) is 30.9 Å². The summed E-state index contributed by atoms with van der Waals surface area (Å²) in [6.07, 6.45) is 2.01. The molecule has 0 bridgehead atoms. The van der Waals surface area contributed by atoms with Gasteiger partial charge in [-0.3, -0.25) is 0 Å². The lowest BCUT2D eigenvalue weighted by Crippen LogP contribution is -1.91. The molecule has 88 valence electrons. The van der Waals surface area contributed by atoms with E-state index in [1.165, 1.54) is 6.07 Å². The number of aryl methyl sites for hydroxylation is 1. The zero-order chi connectivity index (χ0) is 12.4. The summed E-state index contributed by atoms with van der Waals surface area (Å²) in [6.45, 7) is 1.96. The minimum Gasteiger partial charge on any atom is -0.475 e. The van der Waals surface area contributed by atoms with Crippen molar-refractivity contribution in [1.82, 2.24) is 5.16 Å². The van der Waals surface area contributed by atoms with E-state index >= 15 is 0 Å². The summed E-state index contributed by atoms with van der Waals surface area (Å²) in [6, 6.07) is 7.37. The van der Waals surface area contributed by atoms with Crippen LogP contribution in [0.15, 0.2) is 33.7 Å². The maximum Gasteiger partial charge on any atom is 0.374 e. The molecule has 1 aromatic carbocycles. The van der Waals surface area contributed by atoms with Crippen molar-refractivity contribution in [2.45, 2.75) is 11.8 Å². The first-order chi connectivity index (χ1) is 8.11. The largest absolute Gasteiger partial charge is 0.475 e. The van der Waals surface area contributed by atoms with Crippen LogP contribution in [0.5, 0.6) is 0 Å². The van der Waals surface area contributed by atoms with Crippen molar-refractivity contribution >= 4 is 17.7 Å². The molecule has 0 fully saturated rings. The van der Waals surface area contributed by atoms with Crippen LogP contribution in [-0.4, -0.2) is 22.5 Å². The number of aromatic nitrogens is 1. The topological polar surface area (TPSA) is 63.3 Å². The van der Waals surface area contributed by atoms with Gasteiger partial charge in [0.25, 0.3) is 0 Å². The maximum atomic E-state index is 10.7. The Morgan fingerprint density at radius 1 is 1.41 bits per heavy atom. The first-order valence-corrected chi connectivity index (χ1v) is 6.19. The molecule has 0 unspecified atom stereocenters. The van der Waals surface area contributed by atoms with E-state index in [-0.39, 0.29) is 5.76 Å². The second-order valence-corrected chi connectivity index (χ2v) is 4.44. The van der Waals surface area contributed by atoms with Gasteiger partial charge in [-0.15, -0.1) is 11.8 Å². The molecule has 2 aromatic rings. The predicted molar refractivity (Wildman–Crippen MR) is 65.4 cm³/mol. The van der Waals surface area contributed by atoms with Gasteiger partial charge in [-0.2, -0.15) is 0 Å². The molecule has 2 rings (SSSR count). The van der Waals surface area contributed by atoms with Gasteiger partial charge in [0.2, 0.25) is 5.76 Å². The lowest BCUT2D eigenvalue weighted by Gasteiger charge is -2.03. The first-order valence-electron chi connectivity index (χ1n) is 4.97. The number of carbonyl (C=O) groups is 1. The quantitative estimate of drug-likeness (QED) is 0.847. The fraction of sp³-hybridized carbons (Fsp3) is 0.167. The Balaban J connectivity index is 2.42. The van der Waals surface area contributed by atoms with Crippen molar-refractivity contribution in [3.05, 3.63) is 35.6 Å². The zero-order valence-electron chi connectivity index (χ0n) is 9.43. The van der Waals surface area contributed by atoms with Gasteiger partial charge in [0, 0.05) is 16.5 Å². The average Bonchev–Trinajstić information content (AvgIpc) is 2.78. The first kappa shape index (κ1) is 11.7. The van der Waals surface area contributed by atoms with Crippen molar-refractivity contribution in [2.75, 3.05) is 6.26 Å². The fourth-order valence-electron chi connectivity index (χ4n) is 1.55. The molecule has 1 aromatic heterocycles. The number of aromatic carboxylic acids is 1. The number of hydrogen-bond donors (Lipinski definition) is 1. The molecule has 5 heteroatoms. The van der Waals surface area contributed by atoms with E-state index in [2.05, 4.69) is 5.16 Å². The SMILES string of the molecule is CSc1ccc(-c2cc(C(=O)O)on2)c(C)c1. The molecule has 0 spiro atoms. The summed E-state index contributed by atoms with van der Waals surface area (Å²) in [7, 11) is 0. The Bertz CT molecular complexity index is 563. The molecule has 0 aliphatic rings. The average molecular weight is 249 g/mol. The van der Waals surface area contributed by atoms with Crippen LogP contribution in [0.1, 0.15) is 16.1 Å². The minimum absolute atomic E-state index is 0.145. The molecule has 0 atom stereocenters. The van der Waals surface area contributed by atoms with Gasteiger partial charge >= 0.3 is 5.97 Å². The number of benzene rings is 1.